The zero-order chi connectivity index (χ0) is 17.3. The number of carbonyl (C=O) groups excluding carboxylic acids is 1. The third-order valence-corrected chi connectivity index (χ3v) is 5.07. The first-order valence-electron chi connectivity index (χ1n) is 8.40. The predicted octanol–water partition coefficient (Wildman–Crippen LogP) is 1.96. The Morgan fingerprint density at radius 2 is 2.04 bits per heavy atom. The van der Waals surface area contributed by atoms with E-state index in [2.05, 4.69) is 10.6 Å². The average Bonchev–Trinajstić information content (AvgIpc) is 3.16. The Labute approximate surface area is 141 Å². The first-order chi connectivity index (χ1) is 11.5. The van der Waals surface area contributed by atoms with Crippen molar-refractivity contribution in [1.82, 2.24) is 14.7 Å². The van der Waals surface area contributed by atoms with Crippen LogP contribution in [-0.4, -0.2) is 27.4 Å². The molecule has 0 bridgehead atoms. The van der Waals surface area contributed by atoms with Crippen molar-refractivity contribution in [2.24, 2.45) is 7.05 Å². The summed E-state index contributed by atoms with van der Waals surface area (Å²) >= 11 is 0. The highest BCUT2D eigenvalue weighted by atomic mass is 16.2. The van der Waals surface area contributed by atoms with E-state index in [9.17, 15) is 9.59 Å². The lowest BCUT2D eigenvalue weighted by molar-refractivity contribution is -0.122. The normalized spacial score (nSPS) is 20.3. The van der Waals surface area contributed by atoms with E-state index < -0.39 is 5.54 Å². The molecule has 1 unspecified atom stereocenters. The van der Waals surface area contributed by atoms with Gasteiger partial charge in [0.2, 0.25) is 5.91 Å². The monoisotopic (exact) mass is 328 g/mol. The third kappa shape index (κ3) is 2.57. The number of hydrogen-bond donors (Lipinski definition) is 2. The van der Waals surface area contributed by atoms with Crippen LogP contribution in [0.3, 0.4) is 0 Å². The summed E-state index contributed by atoms with van der Waals surface area (Å²) in [6.45, 7) is 4.68. The number of amides is 1. The van der Waals surface area contributed by atoms with Crippen LogP contribution in [0, 0.1) is 6.92 Å². The van der Waals surface area contributed by atoms with Crippen molar-refractivity contribution in [3.63, 3.8) is 0 Å². The molecule has 1 atom stereocenters. The van der Waals surface area contributed by atoms with E-state index in [0.29, 0.717) is 12.1 Å². The van der Waals surface area contributed by atoms with Crippen molar-refractivity contribution in [3.8, 4) is 5.69 Å². The van der Waals surface area contributed by atoms with E-state index in [1.54, 1.807) is 9.36 Å². The quantitative estimate of drug-likeness (QED) is 0.901. The van der Waals surface area contributed by atoms with Crippen molar-refractivity contribution < 1.29 is 4.79 Å². The van der Waals surface area contributed by atoms with Crippen LogP contribution in [0.15, 0.2) is 35.1 Å². The van der Waals surface area contributed by atoms with E-state index in [1.807, 2.05) is 51.2 Å². The molecular weight excluding hydrogens is 304 g/mol. The summed E-state index contributed by atoms with van der Waals surface area (Å²) in [6, 6.07) is 9.43. The number of carbonyl (C=O) groups is 1. The van der Waals surface area contributed by atoms with Crippen LogP contribution in [0.2, 0.25) is 0 Å². The predicted molar refractivity (Wildman–Crippen MR) is 94.6 cm³/mol. The third-order valence-electron chi connectivity index (χ3n) is 5.07. The van der Waals surface area contributed by atoms with Gasteiger partial charge in [-0.15, -0.1) is 0 Å². The van der Waals surface area contributed by atoms with Gasteiger partial charge in [-0.05, 0) is 44.9 Å². The zero-order valence-corrected chi connectivity index (χ0v) is 14.4. The molecule has 2 heterocycles. The van der Waals surface area contributed by atoms with Gasteiger partial charge in [0.05, 0.1) is 16.9 Å². The van der Waals surface area contributed by atoms with Crippen molar-refractivity contribution in [2.75, 3.05) is 11.9 Å². The van der Waals surface area contributed by atoms with Gasteiger partial charge in [0.15, 0.2) is 0 Å². The van der Waals surface area contributed by atoms with Gasteiger partial charge in [-0.2, -0.15) is 0 Å². The Morgan fingerprint density at radius 3 is 2.62 bits per heavy atom. The first-order valence-corrected chi connectivity index (χ1v) is 8.40. The molecule has 128 valence electrons. The molecule has 6 nitrogen and oxygen atoms in total. The van der Waals surface area contributed by atoms with Gasteiger partial charge >= 0.3 is 0 Å². The number of benzene rings is 1. The second-order valence-electron chi connectivity index (χ2n) is 6.36. The topological polar surface area (TPSA) is 68.1 Å². The molecule has 1 amide bonds. The minimum absolute atomic E-state index is 0.117. The number of aromatic nitrogens is 2. The van der Waals surface area contributed by atoms with Gasteiger partial charge in [-0.1, -0.05) is 25.1 Å². The van der Waals surface area contributed by atoms with Crippen LogP contribution < -0.4 is 16.2 Å². The molecule has 1 aliphatic rings. The van der Waals surface area contributed by atoms with Crippen LogP contribution in [0.25, 0.3) is 5.69 Å². The summed E-state index contributed by atoms with van der Waals surface area (Å²) in [6.07, 6.45) is 2.48. The SMILES string of the molecule is CCC1(C(=O)Nc2c(C)n(C)n(-c3ccccc3)c2=O)CCCN1. The van der Waals surface area contributed by atoms with Crippen molar-refractivity contribution in [2.45, 2.75) is 38.6 Å². The maximum absolute atomic E-state index is 12.9. The molecular formula is C18H24N4O2. The Kier molecular flexibility index (Phi) is 4.32. The maximum atomic E-state index is 12.9. The number of anilines is 1. The molecule has 1 fully saturated rings. The van der Waals surface area contributed by atoms with Crippen molar-refractivity contribution in [3.05, 3.63) is 46.4 Å². The summed E-state index contributed by atoms with van der Waals surface area (Å²) in [4.78, 5) is 25.7. The molecule has 0 spiro atoms. The molecule has 0 radical (unpaired) electrons. The van der Waals surface area contributed by atoms with Crippen molar-refractivity contribution in [1.29, 1.82) is 0 Å². The Hall–Kier alpha value is -2.34. The van der Waals surface area contributed by atoms with Crippen LogP contribution in [0.1, 0.15) is 31.9 Å². The lowest BCUT2D eigenvalue weighted by atomic mass is 9.93. The lowest BCUT2D eigenvalue weighted by Crippen LogP contribution is -2.50. The molecule has 24 heavy (non-hydrogen) atoms. The standard InChI is InChI=1S/C18H24N4O2/c1-4-18(11-8-12-19-18)17(24)20-15-13(2)21(3)22(16(15)23)14-9-6-5-7-10-14/h5-7,9-10,19H,4,8,11-12H2,1-3H3,(H,20,24). The van der Waals surface area contributed by atoms with Gasteiger partial charge in [-0.25, -0.2) is 4.68 Å². The highest BCUT2D eigenvalue weighted by Gasteiger charge is 2.39. The summed E-state index contributed by atoms with van der Waals surface area (Å²) in [5, 5.41) is 6.19. The maximum Gasteiger partial charge on any atom is 0.295 e. The summed E-state index contributed by atoms with van der Waals surface area (Å²) in [5.41, 5.74) is 1.10. The van der Waals surface area contributed by atoms with Crippen LogP contribution >= 0.6 is 0 Å². The molecule has 1 aromatic heterocycles. The Balaban J connectivity index is 1.98. The number of nitrogens with one attached hydrogen (secondary N) is 2. The first kappa shape index (κ1) is 16.5. The van der Waals surface area contributed by atoms with E-state index in [4.69, 9.17) is 0 Å². The molecule has 6 heteroatoms. The van der Waals surface area contributed by atoms with Crippen LogP contribution in [-0.2, 0) is 11.8 Å². The van der Waals surface area contributed by atoms with Gasteiger partial charge in [0, 0.05) is 7.05 Å². The summed E-state index contributed by atoms with van der Waals surface area (Å²) < 4.78 is 3.35. The average molecular weight is 328 g/mol. The Morgan fingerprint density at radius 1 is 1.33 bits per heavy atom. The fourth-order valence-corrected chi connectivity index (χ4v) is 3.41. The number of nitrogens with zero attached hydrogens (tertiary/aromatic N) is 2. The number of rotatable bonds is 4. The van der Waals surface area contributed by atoms with Gasteiger partial charge in [0.25, 0.3) is 5.56 Å². The largest absolute Gasteiger partial charge is 0.318 e. The molecule has 0 saturated carbocycles. The molecule has 3 rings (SSSR count). The fraction of sp³-hybridized carbons (Fsp3) is 0.444. The summed E-state index contributed by atoms with van der Waals surface area (Å²) in [5.74, 6) is -0.117. The van der Waals surface area contributed by atoms with E-state index in [1.165, 1.54) is 0 Å². The lowest BCUT2D eigenvalue weighted by Gasteiger charge is -2.26. The smallest absolute Gasteiger partial charge is 0.295 e. The van der Waals surface area contributed by atoms with Crippen LogP contribution in [0.4, 0.5) is 5.69 Å². The van der Waals surface area contributed by atoms with Crippen LogP contribution in [0.5, 0.6) is 0 Å². The van der Waals surface area contributed by atoms with E-state index in [-0.39, 0.29) is 11.5 Å². The molecule has 2 aromatic rings. The second-order valence-corrected chi connectivity index (χ2v) is 6.36. The molecule has 1 saturated heterocycles. The highest BCUT2D eigenvalue weighted by molar-refractivity contribution is 5.98. The second kappa shape index (κ2) is 6.28. The zero-order valence-electron chi connectivity index (χ0n) is 14.4. The van der Waals surface area contributed by atoms with Gasteiger partial charge < -0.3 is 10.6 Å². The van der Waals surface area contributed by atoms with Gasteiger partial charge in [-0.3, -0.25) is 14.3 Å². The molecule has 2 N–H and O–H groups in total. The molecule has 1 aromatic carbocycles. The Bertz CT molecular complexity index is 798. The fourth-order valence-electron chi connectivity index (χ4n) is 3.41. The highest BCUT2D eigenvalue weighted by Crippen LogP contribution is 2.25. The minimum Gasteiger partial charge on any atom is -0.318 e. The number of hydrogen-bond acceptors (Lipinski definition) is 3. The van der Waals surface area contributed by atoms with Gasteiger partial charge in [0.1, 0.15) is 5.69 Å². The van der Waals surface area contributed by atoms with E-state index >= 15 is 0 Å². The molecule has 1 aliphatic heterocycles. The summed E-state index contributed by atoms with van der Waals surface area (Å²) in [7, 11) is 1.82. The van der Waals surface area contributed by atoms with E-state index in [0.717, 1.165) is 30.8 Å². The molecule has 0 aliphatic carbocycles. The number of para-hydroxylation sites is 1. The van der Waals surface area contributed by atoms with Crippen molar-refractivity contribution >= 4 is 11.6 Å². The minimum atomic E-state index is -0.563.